The zero-order valence-corrected chi connectivity index (χ0v) is 15.7. The molecule has 0 aliphatic heterocycles. The Bertz CT molecular complexity index is 719. The van der Waals surface area contributed by atoms with Crippen LogP contribution in [0.5, 0.6) is 11.5 Å². The molecule has 2 aromatic rings. The lowest BCUT2D eigenvalue weighted by Gasteiger charge is -2.10. The first-order valence-electron chi connectivity index (χ1n) is 8.86. The van der Waals surface area contributed by atoms with Crippen LogP contribution in [-0.4, -0.2) is 38.2 Å². The average molecular weight is 357 g/mol. The Labute approximate surface area is 154 Å². The molecule has 0 aliphatic rings. The van der Waals surface area contributed by atoms with Crippen LogP contribution in [0.2, 0.25) is 0 Å². The van der Waals surface area contributed by atoms with Gasteiger partial charge in [-0.3, -0.25) is 9.78 Å². The van der Waals surface area contributed by atoms with Crippen LogP contribution >= 0.6 is 0 Å². The number of anilines is 1. The van der Waals surface area contributed by atoms with E-state index in [0.717, 1.165) is 30.6 Å². The molecule has 1 aromatic carbocycles. The predicted molar refractivity (Wildman–Crippen MR) is 103 cm³/mol. The Kier molecular flexibility index (Phi) is 7.74. The van der Waals surface area contributed by atoms with Gasteiger partial charge in [0.1, 0.15) is 0 Å². The molecule has 0 spiro atoms. The summed E-state index contributed by atoms with van der Waals surface area (Å²) < 4.78 is 10.5. The monoisotopic (exact) mass is 357 g/mol. The van der Waals surface area contributed by atoms with Crippen LogP contribution in [-0.2, 0) is 6.42 Å². The third kappa shape index (κ3) is 5.65. The van der Waals surface area contributed by atoms with Gasteiger partial charge < -0.3 is 20.1 Å². The number of methoxy groups -OCH3 is 2. The molecular formula is C20H27N3O3. The Morgan fingerprint density at radius 1 is 1.08 bits per heavy atom. The molecule has 6 heteroatoms. The lowest BCUT2D eigenvalue weighted by Crippen LogP contribution is -2.26. The van der Waals surface area contributed by atoms with E-state index in [1.807, 2.05) is 24.3 Å². The summed E-state index contributed by atoms with van der Waals surface area (Å²) in [5.41, 5.74) is 2.49. The molecule has 0 bridgehead atoms. The van der Waals surface area contributed by atoms with Crippen LogP contribution in [0, 0.1) is 0 Å². The molecule has 0 aliphatic carbocycles. The second-order valence-corrected chi connectivity index (χ2v) is 5.94. The van der Waals surface area contributed by atoms with Crippen LogP contribution in [0.1, 0.15) is 35.7 Å². The number of unbranched alkanes of at least 4 members (excludes halogenated alkanes) is 1. The number of nitrogens with one attached hydrogen (secondary N) is 2. The number of amides is 1. The first-order valence-corrected chi connectivity index (χ1v) is 8.86. The summed E-state index contributed by atoms with van der Waals surface area (Å²) >= 11 is 0. The highest BCUT2D eigenvalue weighted by atomic mass is 16.5. The van der Waals surface area contributed by atoms with Crippen molar-refractivity contribution < 1.29 is 14.3 Å². The van der Waals surface area contributed by atoms with Crippen molar-refractivity contribution in [2.24, 2.45) is 0 Å². The zero-order valence-electron chi connectivity index (χ0n) is 15.7. The molecule has 1 heterocycles. The molecule has 140 valence electrons. The third-order valence-corrected chi connectivity index (χ3v) is 4.01. The van der Waals surface area contributed by atoms with E-state index in [1.165, 1.54) is 0 Å². The maximum atomic E-state index is 12.3. The highest BCUT2D eigenvalue weighted by Crippen LogP contribution is 2.27. The van der Waals surface area contributed by atoms with Crippen molar-refractivity contribution in [3.05, 3.63) is 47.8 Å². The van der Waals surface area contributed by atoms with Crippen LogP contribution in [0.3, 0.4) is 0 Å². The molecule has 0 atom stereocenters. The fourth-order valence-corrected chi connectivity index (χ4v) is 2.53. The smallest absolute Gasteiger partial charge is 0.252 e. The van der Waals surface area contributed by atoms with Gasteiger partial charge in [0.2, 0.25) is 0 Å². The van der Waals surface area contributed by atoms with Crippen LogP contribution < -0.4 is 20.1 Å². The molecule has 26 heavy (non-hydrogen) atoms. The molecule has 0 unspecified atom stereocenters. The van der Waals surface area contributed by atoms with Gasteiger partial charge in [-0.2, -0.15) is 0 Å². The topological polar surface area (TPSA) is 72.5 Å². The highest BCUT2D eigenvalue weighted by Gasteiger charge is 2.08. The minimum absolute atomic E-state index is 0.128. The largest absolute Gasteiger partial charge is 0.493 e. The molecular weight excluding hydrogens is 330 g/mol. The number of carbonyl (C=O) groups excluding carboxylic acids is 1. The lowest BCUT2D eigenvalue weighted by molar-refractivity contribution is 0.0954. The number of rotatable bonds is 10. The average Bonchev–Trinajstić information content (AvgIpc) is 2.68. The molecule has 0 saturated carbocycles. The number of carbonyl (C=O) groups is 1. The molecule has 2 rings (SSSR count). The molecule has 0 radical (unpaired) electrons. The highest BCUT2D eigenvalue weighted by molar-refractivity contribution is 5.94. The Morgan fingerprint density at radius 3 is 2.62 bits per heavy atom. The van der Waals surface area contributed by atoms with Crippen molar-refractivity contribution in [1.29, 1.82) is 0 Å². The fourth-order valence-electron chi connectivity index (χ4n) is 2.53. The van der Waals surface area contributed by atoms with Crippen LogP contribution in [0.4, 0.5) is 5.69 Å². The van der Waals surface area contributed by atoms with Gasteiger partial charge in [-0.05, 0) is 36.6 Å². The summed E-state index contributed by atoms with van der Waals surface area (Å²) in [4.78, 5) is 16.5. The Hall–Kier alpha value is -2.76. The lowest BCUT2D eigenvalue weighted by atomic mass is 10.1. The second-order valence-electron chi connectivity index (χ2n) is 5.94. The van der Waals surface area contributed by atoms with Crippen molar-refractivity contribution in [2.75, 3.05) is 32.6 Å². The molecule has 0 fully saturated rings. The van der Waals surface area contributed by atoms with Crippen LogP contribution in [0.25, 0.3) is 0 Å². The summed E-state index contributed by atoms with van der Waals surface area (Å²) in [5.74, 6) is 1.25. The van der Waals surface area contributed by atoms with Gasteiger partial charge in [-0.1, -0.05) is 19.4 Å². The number of hydrogen-bond acceptors (Lipinski definition) is 5. The molecule has 6 nitrogen and oxygen atoms in total. The minimum Gasteiger partial charge on any atom is -0.493 e. The van der Waals surface area contributed by atoms with Gasteiger partial charge in [0.05, 0.1) is 25.5 Å². The van der Waals surface area contributed by atoms with Gasteiger partial charge in [0.15, 0.2) is 11.5 Å². The van der Waals surface area contributed by atoms with E-state index in [-0.39, 0.29) is 5.91 Å². The normalized spacial score (nSPS) is 10.3. The summed E-state index contributed by atoms with van der Waals surface area (Å²) in [7, 11) is 3.22. The number of aromatic nitrogens is 1. The van der Waals surface area contributed by atoms with Gasteiger partial charge in [0.25, 0.3) is 5.91 Å². The van der Waals surface area contributed by atoms with Gasteiger partial charge in [0, 0.05) is 25.5 Å². The zero-order chi connectivity index (χ0) is 18.8. The van der Waals surface area contributed by atoms with Crippen molar-refractivity contribution in [1.82, 2.24) is 10.3 Å². The van der Waals surface area contributed by atoms with Crippen molar-refractivity contribution in [2.45, 2.75) is 26.2 Å². The van der Waals surface area contributed by atoms with E-state index in [0.29, 0.717) is 30.0 Å². The SMILES string of the molecule is CCCCNc1cncc(C(=O)NCCc2ccc(OC)c(OC)c2)c1. The summed E-state index contributed by atoms with van der Waals surface area (Å²) in [6, 6.07) is 7.58. The van der Waals surface area contributed by atoms with E-state index in [1.54, 1.807) is 26.6 Å². The number of nitrogens with zero attached hydrogens (tertiary/aromatic N) is 1. The number of hydrogen-bond donors (Lipinski definition) is 2. The third-order valence-electron chi connectivity index (χ3n) is 4.01. The molecule has 1 amide bonds. The minimum atomic E-state index is -0.128. The Balaban J connectivity index is 1.88. The van der Waals surface area contributed by atoms with Crippen LogP contribution in [0.15, 0.2) is 36.7 Å². The molecule has 2 N–H and O–H groups in total. The maximum absolute atomic E-state index is 12.3. The first kappa shape index (κ1) is 19.6. The standard InChI is InChI=1S/C20H27N3O3/c1-4-5-9-22-17-12-16(13-21-14-17)20(24)23-10-8-15-6-7-18(25-2)19(11-15)26-3/h6-7,11-14,22H,4-5,8-10H2,1-3H3,(H,23,24). The molecule has 1 aromatic heterocycles. The maximum Gasteiger partial charge on any atom is 0.252 e. The number of ether oxygens (including phenoxy) is 2. The van der Waals surface area contributed by atoms with Gasteiger partial charge >= 0.3 is 0 Å². The number of benzene rings is 1. The summed E-state index contributed by atoms with van der Waals surface area (Å²) in [5, 5.41) is 6.21. The van der Waals surface area contributed by atoms with Gasteiger partial charge in [-0.15, -0.1) is 0 Å². The van der Waals surface area contributed by atoms with E-state index in [4.69, 9.17) is 9.47 Å². The summed E-state index contributed by atoms with van der Waals surface area (Å²) in [6.45, 7) is 3.55. The predicted octanol–water partition coefficient (Wildman–Crippen LogP) is 3.28. The van der Waals surface area contributed by atoms with Crippen molar-refractivity contribution >= 4 is 11.6 Å². The summed E-state index contributed by atoms with van der Waals surface area (Å²) in [6.07, 6.45) is 6.22. The van der Waals surface area contributed by atoms with Gasteiger partial charge in [-0.25, -0.2) is 0 Å². The fraction of sp³-hybridized carbons (Fsp3) is 0.400. The van der Waals surface area contributed by atoms with E-state index >= 15 is 0 Å². The second kappa shape index (κ2) is 10.3. The quantitative estimate of drug-likeness (QED) is 0.639. The van der Waals surface area contributed by atoms with E-state index < -0.39 is 0 Å². The molecule has 0 saturated heterocycles. The Morgan fingerprint density at radius 2 is 1.88 bits per heavy atom. The first-order chi connectivity index (χ1) is 12.7. The van der Waals surface area contributed by atoms with E-state index in [9.17, 15) is 4.79 Å². The van der Waals surface area contributed by atoms with Crippen molar-refractivity contribution in [3.8, 4) is 11.5 Å². The van der Waals surface area contributed by atoms with Crippen molar-refractivity contribution in [3.63, 3.8) is 0 Å². The van der Waals surface area contributed by atoms with E-state index in [2.05, 4.69) is 22.5 Å². The number of pyridine rings is 1.